The first-order chi connectivity index (χ1) is 9.15. The maximum Gasteiger partial charge on any atom is 0.425 e. The first-order valence-electron chi connectivity index (χ1n) is 5.54. The van der Waals surface area contributed by atoms with Crippen LogP contribution >= 0.6 is 15.9 Å². The molecule has 7 heteroatoms. The fourth-order valence-electron chi connectivity index (χ4n) is 1.28. The largest absolute Gasteiger partial charge is 0.464 e. The van der Waals surface area contributed by atoms with Crippen molar-refractivity contribution in [3.63, 3.8) is 0 Å². The van der Waals surface area contributed by atoms with Crippen LogP contribution in [0.1, 0.15) is 26.3 Å². The van der Waals surface area contributed by atoms with Gasteiger partial charge in [-0.2, -0.15) is 4.90 Å². The first-order valence-corrected chi connectivity index (χ1v) is 6.33. The van der Waals surface area contributed by atoms with Crippen molar-refractivity contribution in [1.82, 2.24) is 4.98 Å². The Labute approximate surface area is 124 Å². The molecule has 0 aliphatic rings. The van der Waals surface area contributed by atoms with E-state index >= 15 is 0 Å². The van der Waals surface area contributed by atoms with Crippen LogP contribution in [0.15, 0.2) is 16.7 Å². The number of carbonyl (C=O) groups excluding carboxylic acids is 1. The molecule has 0 saturated carbocycles. The van der Waals surface area contributed by atoms with Crippen LogP contribution in [-0.2, 0) is 4.74 Å². The number of halogens is 1. The molecule has 0 aliphatic carbocycles. The maximum atomic E-state index is 12.0. The minimum atomic E-state index is -1.52. The van der Waals surface area contributed by atoms with Crippen molar-refractivity contribution in [3.8, 4) is 12.3 Å². The molecule has 1 aromatic heterocycles. The minimum Gasteiger partial charge on any atom is -0.464 e. The summed E-state index contributed by atoms with van der Waals surface area (Å²) in [4.78, 5) is 27.5. The van der Waals surface area contributed by atoms with Gasteiger partial charge in [0, 0.05) is 10.7 Å². The molecule has 1 aromatic rings. The maximum absolute atomic E-state index is 12.0. The van der Waals surface area contributed by atoms with Crippen molar-refractivity contribution in [2.24, 2.45) is 0 Å². The summed E-state index contributed by atoms with van der Waals surface area (Å²) in [6.07, 6.45) is 4.06. The van der Waals surface area contributed by atoms with Crippen molar-refractivity contribution in [1.29, 1.82) is 0 Å². The molecule has 2 amide bonds. The number of ether oxygens (including phenoxy) is 1. The van der Waals surface area contributed by atoms with Crippen LogP contribution in [0, 0.1) is 12.3 Å². The monoisotopic (exact) mass is 340 g/mol. The summed E-state index contributed by atoms with van der Waals surface area (Å²) < 4.78 is 5.60. The number of imide groups is 1. The van der Waals surface area contributed by atoms with Crippen molar-refractivity contribution >= 4 is 33.9 Å². The van der Waals surface area contributed by atoms with Gasteiger partial charge < -0.3 is 9.84 Å². The zero-order valence-electron chi connectivity index (χ0n) is 11.2. The van der Waals surface area contributed by atoms with E-state index in [1.54, 1.807) is 20.8 Å². The summed E-state index contributed by atoms with van der Waals surface area (Å²) in [6.45, 7) is 4.88. The topological polar surface area (TPSA) is 79.7 Å². The second kappa shape index (κ2) is 5.92. The van der Waals surface area contributed by atoms with E-state index in [1.807, 2.05) is 0 Å². The standard InChI is InChI=1S/C13H13BrN2O4/c1-5-8-6-9(14)7-15-10(8)16(11(17)18)12(19)20-13(2,3)4/h1,6-7H,2-4H3,(H,17,18). The van der Waals surface area contributed by atoms with E-state index in [1.165, 1.54) is 12.3 Å². The third kappa shape index (κ3) is 3.96. The summed E-state index contributed by atoms with van der Waals surface area (Å²) in [5, 5.41) is 9.19. The third-order valence-electron chi connectivity index (χ3n) is 1.97. The number of terminal acetylenes is 1. The zero-order chi connectivity index (χ0) is 15.5. The molecule has 1 rings (SSSR count). The molecule has 0 bridgehead atoms. The lowest BCUT2D eigenvalue weighted by Gasteiger charge is -2.24. The Balaban J connectivity index is 3.26. The van der Waals surface area contributed by atoms with Crippen molar-refractivity contribution in [3.05, 3.63) is 22.3 Å². The predicted octanol–water partition coefficient (Wildman–Crippen LogP) is 3.24. The van der Waals surface area contributed by atoms with Crippen molar-refractivity contribution < 1.29 is 19.4 Å². The normalized spacial score (nSPS) is 10.6. The molecule has 0 aliphatic heterocycles. The Kier molecular flexibility index (Phi) is 4.73. The number of pyridine rings is 1. The van der Waals surface area contributed by atoms with Gasteiger partial charge in [0.05, 0.1) is 5.56 Å². The highest BCUT2D eigenvalue weighted by atomic mass is 79.9. The molecule has 20 heavy (non-hydrogen) atoms. The molecule has 0 radical (unpaired) electrons. The molecule has 0 spiro atoms. The van der Waals surface area contributed by atoms with E-state index in [4.69, 9.17) is 11.2 Å². The average molecular weight is 341 g/mol. The van der Waals surface area contributed by atoms with Gasteiger partial charge in [-0.1, -0.05) is 5.92 Å². The number of rotatable bonds is 1. The van der Waals surface area contributed by atoms with Gasteiger partial charge in [0.25, 0.3) is 0 Å². The van der Waals surface area contributed by atoms with Crippen LogP contribution in [0.2, 0.25) is 0 Å². The number of amides is 2. The van der Waals surface area contributed by atoms with Gasteiger partial charge in [-0.15, -0.1) is 6.42 Å². The molecular weight excluding hydrogens is 328 g/mol. The van der Waals surface area contributed by atoms with Crippen LogP contribution in [0.5, 0.6) is 0 Å². The van der Waals surface area contributed by atoms with E-state index in [-0.39, 0.29) is 11.4 Å². The summed E-state index contributed by atoms with van der Waals surface area (Å²) in [6, 6.07) is 1.49. The number of carbonyl (C=O) groups is 2. The molecule has 106 valence electrons. The average Bonchev–Trinajstić information content (AvgIpc) is 2.28. The van der Waals surface area contributed by atoms with E-state index in [2.05, 4.69) is 26.8 Å². The molecular formula is C13H13BrN2O4. The van der Waals surface area contributed by atoms with Crippen molar-refractivity contribution in [2.75, 3.05) is 4.90 Å². The summed E-state index contributed by atoms with van der Waals surface area (Å²) in [5.74, 6) is 2.12. The smallest absolute Gasteiger partial charge is 0.425 e. The second-order valence-electron chi connectivity index (χ2n) is 4.77. The Hall–Kier alpha value is -2.07. The molecule has 0 fully saturated rings. The van der Waals surface area contributed by atoms with Gasteiger partial charge in [0.1, 0.15) is 5.60 Å². The van der Waals surface area contributed by atoms with Crippen molar-refractivity contribution in [2.45, 2.75) is 26.4 Å². The van der Waals surface area contributed by atoms with Crippen LogP contribution in [-0.4, -0.2) is 27.9 Å². The van der Waals surface area contributed by atoms with Gasteiger partial charge in [-0.25, -0.2) is 14.6 Å². The van der Waals surface area contributed by atoms with E-state index in [0.29, 0.717) is 9.37 Å². The first kappa shape index (κ1) is 16.0. The van der Waals surface area contributed by atoms with E-state index in [0.717, 1.165) is 0 Å². The Morgan fingerprint density at radius 2 is 2.10 bits per heavy atom. The molecule has 1 heterocycles. The van der Waals surface area contributed by atoms with Gasteiger partial charge in [0.2, 0.25) is 0 Å². The van der Waals surface area contributed by atoms with Crippen LogP contribution in [0.4, 0.5) is 15.4 Å². The quantitative estimate of drug-likeness (QED) is 0.793. The fraction of sp³-hybridized carbons (Fsp3) is 0.308. The number of carboxylic acid groups (broad SMARTS) is 1. The lowest BCUT2D eigenvalue weighted by atomic mass is 10.2. The minimum absolute atomic E-state index is 0.160. The van der Waals surface area contributed by atoms with Crippen LogP contribution in [0.25, 0.3) is 0 Å². The molecule has 1 N–H and O–H groups in total. The number of anilines is 1. The lowest BCUT2D eigenvalue weighted by molar-refractivity contribution is 0.0581. The molecule has 0 aromatic carbocycles. The summed E-state index contributed by atoms with van der Waals surface area (Å²) in [7, 11) is 0. The number of nitrogens with zero attached hydrogens (tertiary/aromatic N) is 2. The summed E-state index contributed by atoms with van der Waals surface area (Å²) in [5.41, 5.74) is -0.677. The van der Waals surface area contributed by atoms with Crippen LogP contribution < -0.4 is 4.90 Å². The number of hydrogen-bond donors (Lipinski definition) is 1. The van der Waals surface area contributed by atoms with Gasteiger partial charge >= 0.3 is 12.2 Å². The number of aromatic nitrogens is 1. The molecule has 0 saturated heterocycles. The predicted molar refractivity (Wildman–Crippen MR) is 76.6 cm³/mol. The van der Waals surface area contributed by atoms with E-state index < -0.39 is 17.8 Å². The molecule has 0 unspecified atom stereocenters. The highest BCUT2D eigenvalue weighted by molar-refractivity contribution is 9.10. The number of hydrogen-bond acceptors (Lipinski definition) is 4. The van der Waals surface area contributed by atoms with E-state index in [9.17, 15) is 14.7 Å². The highest BCUT2D eigenvalue weighted by Crippen LogP contribution is 2.23. The lowest BCUT2D eigenvalue weighted by Crippen LogP contribution is -2.41. The fourth-order valence-corrected chi connectivity index (χ4v) is 1.61. The Bertz CT molecular complexity index is 587. The molecule has 6 nitrogen and oxygen atoms in total. The zero-order valence-corrected chi connectivity index (χ0v) is 12.8. The molecule has 0 atom stereocenters. The third-order valence-corrected chi connectivity index (χ3v) is 2.40. The van der Waals surface area contributed by atoms with Gasteiger partial charge in [-0.05, 0) is 42.8 Å². The summed E-state index contributed by atoms with van der Waals surface area (Å²) >= 11 is 3.17. The highest BCUT2D eigenvalue weighted by Gasteiger charge is 2.31. The van der Waals surface area contributed by atoms with Gasteiger partial charge in [0.15, 0.2) is 5.82 Å². The second-order valence-corrected chi connectivity index (χ2v) is 5.68. The SMILES string of the molecule is C#Cc1cc(Br)cnc1N(C(=O)O)C(=O)OC(C)(C)C. The van der Waals surface area contributed by atoms with Gasteiger partial charge in [-0.3, -0.25) is 0 Å². The Morgan fingerprint density at radius 3 is 2.55 bits per heavy atom. The van der Waals surface area contributed by atoms with Crippen LogP contribution in [0.3, 0.4) is 0 Å². The Morgan fingerprint density at radius 1 is 1.50 bits per heavy atom.